The largest absolute Gasteiger partial charge is 0.495 e. The van der Waals surface area contributed by atoms with E-state index in [1.165, 1.54) is 0 Å². The molecule has 2 N–H and O–H groups in total. The maximum Gasteiger partial charge on any atom is 0.242 e. The first-order chi connectivity index (χ1) is 8.58. The van der Waals surface area contributed by atoms with Gasteiger partial charge in [0.1, 0.15) is 11.8 Å². The summed E-state index contributed by atoms with van der Waals surface area (Å²) in [5.74, 6) is 0.701. The SMILES string of the molecule is CCCNC(=O)C(C)Nc1cc(Br)ccc1OC. The number of hydrogen-bond acceptors (Lipinski definition) is 3. The molecule has 5 heteroatoms. The highest BCUT2D eigenvalue weighted by Crippen LogP contribution is 2.28. The van der Waals surface area contributed by atoms with Crippen LogP contribution >= 0.6 is 15.9 Å². The Bertz CT molecular complexity index is 410. The van der Waals surface area contributed by atoms with E-state index in [1.54, 1.807) is 7.11 Å². The van der Waals surface area contributed by atoms with Gasteiger partial charge in [-0.1, -0.05) is 22.9 Å². The molecule has 1 amide bonds. The molecule has 4 nitrogen and oxygen atoms in total. The first-order valence-electron chi connectivity index (χ1n) is 5.96. The first kappa shape index (κ1) is 14.8. The van der Waals surface area contributed by atoms with E-state index < -0.39 is 0 Å². The summed E-state index contributed by atoms with van der Waals surface area (Å²) >= 11 is 3.40. The highest BCUT2D eigenvalue weighted by atomic mass is 79.9. The van der Waals surface area contributed by atoms with Crippen LogP contribution in [-0.4, -0.2) is 25.6 Å². The maximum absolute atomic E-state index is 11.8. The van der Waals surface area contributed by atoms with E-state index in [4.69, 9.17) is 4.74 Å². The lowest BCUT2D eigenvalue weighted by atomic mass is 10.2. The predicted molar refractivity (Wildman–Crippen MR) is 77.1 cm³/mol. The number of anilines is 1. The summed E-state index contributed by atoms with van der Waals surface area (Å²) in [6.07, 6.45) is 0.929. The number of ether oxygens (including phenoxy) is 1. The van der Waals surface area contributed by atoms with Crippen molar-refractivity contribution in [3.8, 4) is 5.75 Å². The molecule has 100 valence electrons. The molecule has 0 spiro atoms. The number of amides is 1. The third kappa shape index (κ3) is 4.22. The van der Waals surface area contributed by atoms with Crippen LogP contribution in [0.2, 0.25) is 0 Å². The Hall–Kier alpha value is -1.23. The van der Waals surface area contributed by atoms with Crippen LogP contribution in [0.5, 0.6) is 5.75 Å². The van der Waals surface area contributed by atoms with Gasteiger partial charge in [0.25, 0.3) is 0 Å². The second-order valence-corrected chi connectivity index (χ2v) is 4.92. The Morgan fingerprint density at radius 3 is 2.83 bits per heavy atom. The minimum atomic E-state index is -0.306. The highest BCUT2D eigenvalue weighted by molar-refractivity contribution is 9.10. The molecular formula is C13H19BrN2O2. The van der Waals surface area contributed by atoms with Gasteiger partial charge in [0.15, 0.2) is 0 Å². The van der Waals surface area contributed by atoms with Crippen LogP contribution < -0.4 is 15.4 Å². The average Bonchev–Trinajstić information content (AvgIpc) is 2.36. The standard InChI is InChI=1S/C13H19BrN2O2/c1-4-7-15-13(17)9(2)16-11-8-10(14)5-6-12(11)18-3/h5-6,8-9,16H,4,7H2,1-3H3,(H,15,17). The lowest BCUT2D eigenvalue weighted by Crippen LogP contribution is -2.37. The fourth-order valence-corrected chi connectivity index (χ4v) is 1.85. The minimum absolute atomic E-state index is 0.0149. The summed E-state index contributed by atoms with van der Waals surface area (Å²) in [7, 11) is 1.61. The molecule has 1 aromatic rings. The Labute approximate surface area is 116 Å². The van der Waals surface area contributed by atoms with Crippen molar-refractivity contribution in [2.45, 2.75) is 26.3 Å². The summed E-state index contributed by atoms with van der Waals surface area (Å²) in [5.41, 5.74) is 0.797. The lowest BCUT2D eigenvalue weighted by molar-refractivity contribution is -0.121. The monoisotopic (exact) mass is 314 g/mol. The average molecular weight is 315 g/mol. The Morgan fingerprint density at radius 1 is 1.50 bits per heavy atom. The number of benzene rings is 1. The molecule has 0 radical (unpaired) electrons. The van der Waals surface area contributed by atoms with Gasteiger partial charge in [0.05, 0.1) is 12.8 Å². The van der Waals surface area contributed by atoms with E-state index in [2.05, 4.69) is 26.6 Å². The number of halogens is 1. The van der Waals surface area contributed by atoms with E-state index in [0.717, 1.165) is 16.6 Å². The van der Waals surface area contributed by atoms with Crippen molar-refractivity contribution in [3.05, 3.63) is 22.7 Å². The zero-order chi connectivity index (χ0) is 13.5. The summed E-state index contributed by atoms with van der Waals surface area (Å²) in [6, 6.07) is 5.33. The van der Waals surface area contributed by atoms with Crippen molar-refractivity contribution in [1.29, 1.82) is 0 Å². The summed E-state index contributed by atoms with van der Waals surface area (Å²) in [5, 5.41) is 5.99. The van der Waals surface area contributed by atoms with Crippen LogP contribution in [0.4, 0.5) is 5.69 Å². The van der Waals surface area contributed by atoms with Gasteiger partial charge >= 0.3 is 0 Å². The molecule has 0 aromatic heterocycles. The van der Waals surface area contributed by atoms with Gasteiger partial charge in [0, 0.05) is 11.0 Å². The summed E-state index contributed by atoms with van der Waals surface area (Å²) in [4.78, 5) is 11.8. The normalized spacial score (nSPS) is 11.8. The molecule has 1 rings (SSSR count). The molecule has 18 heavy (non-hydrogen) atoms. The topological polar surface area (TPSA) is 50.4 Å². The fraction of sp³-hybridized carbons (Fsp3) is 0.462. The number of nitrogens with one attached hydrogen (secondary N) is 2. The Morgan fingerprint density at radius 2 is 2.22 bits per heavy atom. The third-order valence-electron chi connectivity index (χ3n) is 2.48. The second kappa shape index (κ2) is 7.26. The number of hydrogen-bond donors (Lipinski definition) is 2. The van der Waals surface area contributed by atoms with E-state index in [-0.39, 0.29) is 11.9 Å². The quantitative estimate of drug-likeness (QED) is 0.849. The van der Waals surface area contributed by atoms with E-state index in [0.29, 0.717) is 12.3 Å². The van der Waals surface area contributed by atoms with Crippen molar-refractivity contribution in [2.24, 2.45) is 0 Å². The van der Waals surface area contributed by atoms with Crippen LogP contribution in [0.15, 0.2) is 22.7 Å². The minimum Gasteiger partial charge on any atom is -0.495 e. The van der Waals surface area contributed by atoms with Gasteiger partial charge in [-0.15, -0.1) is 0 Å². The molecular weight excluding hydrogens is 296 g/mol. The maximum atomic E-state index is 11.8. The van der Waals surface area contributed by atoms with Gasteiger partial charge in [-0.25, -0.2) is 0 Å². The van der Waals surface area contributed by atoms with Crippen LogP contribution in [0.25, 0.3) is 0 Å². The molecule has 1 unspecified atom stereocenters. The molecule has 0 saturated carbocycles. The van der Waals surface area contributed by atoms with Gasteiger partial charge in [-0.2, -0.15) is 0 Å². The lowest BCUT2D eigenvalue weighted by Gasteiger charge is -2.17. The van der Waals surface area contributed by atoms with Crippen LogP contribution in [0.1, 0.15) is 20.3 Å². The van der Waals surface area contributed by atoms with E-state index >= 15 is 0 Å². The van der Waals surface area contributed by atoms with Gasteiger partial charge in [-0.3, -0.25) is 4.79 Å². The molecule has 0 aliphatic heterocycles. The van der Waals surface area contributed by atoms with Crippen molar-refractivity contribution < 1.29 is 9.53 Å². The van der Waals surface area contributed by atoms with Gasteiger partial charge in [0.2, 0.25) is 5.91 Å². The molecule has 0 saturated heterocycles. The third-order valence-corrected chi connectivity index (χ3v) is 2.97. The zero-order valence-corrected chi connectivity index (χ0v) is 12.5. The fourth-order valence-electron chi connectivity index (χ4n) is 1.49. The molecule has 0 fully saturated rings. The Kier molecular flexibility index (Phi) is 5.98. The summed E-state index contributed by atoms with van der Waals surface area (Å²) in [6.45, 7) is 4.54. The molecule has 0 aliphatic carbocycles. The van der Waals surface area contributed by atoms with Crippen molar-refractivity contribution in [2.75, 3.05) is 19.0 Å². The highest BCUT2D eigenvalue weighted by Gasteiger charge is 2.14. The number of rotatable bonds is 6. The van der Waals surface area contributed by atoms with Gasteiger partial charge in [-0.05, 0) is 31.5 Å². The molecule has 0 bridgehead atoms. The first-order valence-corrected chi connectivity index (χ1v) is 6.75. The second-order valence-electron chi connectivity index (χ2n) is 4.00. The van der Waals surface area contributed by atoms with Crippen LogP contribution in [-0.2, 0) is 4.79 Å². The van der Waals surface area contributed by atoms with Crippen molar-refractivity contribution in [3.63, 3.8) is 0 Å². The van der Waals surface area contributed by atoms with Crippen LogP contribution in [0.3, 0.4) is 0 Å². The van der Waals surface area contributed by atoms with Gasteiger partial charge < -0.3 is 15.4 Å². The molecule has 0 heterocycles. The number of carbonyl (C=O) groups is 1. The molecule has 0 aliphatic rings. The van der Waals surface area contributed by atoms with Crippen LogP contribution in [0, 0.1) is 0 Å². The zero-order valence-electron chi connectivity index (χ0n) is 10.9. The number of carbonyl (C=O) groups excluding carboxylic acids is 1. The molecule has 1 aromatic carbocycles. The smallest absolute Gasteiger partial charge is 0.242 e. The van der Waals surface area contributed by atoms with E-state index in [9.17, 15) is 4.79 Å². The summed E-state index contributed by atoms with van der Waals surface area (Å²) < 4.78 is 6.18. The predicted octanol–water partition coefficient (Wildman–Crippen LogP) is 2.78. The van der Waals surface area contributed by atoms with Crippen molar-refractivity contribution >= 4 is 27.5 Å². The Balaban J connectivity index is 2.71. The number of methoxy groups -OCH3 is 1. The van der Waals surface area contributed by atoms with E-state index in [1.807, 2.05) is 32.0 Å². The van der Waals surface area contributed by atoms with Crippen molar-refractivity contribution in [1.82, 2.24) is 5.32 Å². The molecule has 1 atom stereocenters.